The molecule has 0 spiro atoms. The smallest absolute Gasteiger partial charge is 0.257 e. The second-order valence-corrected chi connectivity index (χ2v) is 7.10. The molecule has 2 heterocycles. The van der Waals surface area contributed by atoms with E-state index in [0.29, 0.717) is 25.3 Å². The minimum Gasteiger partial charge on any atom is -0.491 e. The number of hydrogen-bond donors (Lipinski definition) is 1. The molecule has 0 radical (unpaired) electrons. The Labute approximate surface area is 165 Å². The van der Waals surface area contributed by atoms with Gasteiger partial charge in [-0.15, -0.1) is 0 Å². The monoisotopic (exact) mass is 382 g/mol. The van der Waals surface area contributed by atoms with Gasteiger partial charge in [-0.25, -0.2) is 0 Å². The Morgan fingerprint density at radius 1 is 1.18 bits per heavy atom. The minimum atomic E-state index is -0.266. The largest absolute Gasteiger partial charge is 0.491 e. The molecule has 4 rings (SSSR count). The molecule has 1 fully saturated rings. The van der Waals surface area contributed by atoms with Gasteiger partial charge in [-0.3, -0.25) is 4.79 Å². The lowest BCUT2D eigenvalue weighted by Gasteiger charge is -2.39. The van der Waals surface area contributed by atoms with Crippen molar-refractivity contribution in [1.82, 2.24) is 4.90 Å². The Balaban J connectivity index is 1.62. The number of rotatable bonds is 7. The number of carbonyl (C=O) groups excluding carboxylic acids is 1. The maximum Gasteiger partial charge on any atom is 0.257 e. The molecule has 0 aliphatic carbocycles. The first-order valence-corrected chi connectivity index (χ1v) is 9.76. The van der Waals surface area contributed by atoms with E-state index in [9.17, 15) is 4.79 Å². The quantitative estimate of drug-likeness (QED) is 0.743. The third-order valence-electron chi connectivity index (χ3n) is 5.18. The van der Waals surface area contributed by atoms with E-state index in [0.717, 1.165) is 36.4 Å². The summed E-state index contributed by atoms with van der Waals surface area (Å²) in [6, 6.07) is 15.5. The Kier molecular flexibility index (Phi) is 5.78. The Morgan fingerprint density at radius 2 is 2.07 bits per heavy atom. The Morgan fingerprint density at radius 3 is 2.89 bits per heavy atom. The van der Waals surface area contributed by atoms with Crippen LogP contribution in [0.1, 0.15) is 34.9 Å². The normalized spacial score (nSPS) is 21.3. The number of nitrogens with one attached hydrogen (secondary N) is 1. The number of methoxy groups -OCH3 is 1. The lowest BCUT2D eigenvalue weighted by atomic mass is 10.0. The first-order chi connectivity index (χ1) is 13.8. The van der Waals surface area contributed by atoms with Crippen molar-refractivity contribution in [3.8, 4) is 5.75 Å². The molecule has 0 aromatic heterocycles. The third kappa shape index (κ3) is 3.98. The SMILES string of the molecule is COCCOc1cccc(C2Nc3ccccc3C(=O)N2CC2CCCO2)c1. The first kappa shape index (κ1) is 18.8. The number of amides is 1. The second kappa shape index (κ2) is 8.63. The summed E-state index contributed by atoms with van der Waals surface area (Å²) in [6.07, 6.45) is 1.85. The van der Waals surface area contributed by atoms with Crippen LogP contribution in [0.4, 0.5) is 5.69 Å². The van der Waals surface area contributed by atoms with Gasteiger partial charge in [0.05, 0.1) is 18.3 Å². The topological polar surface area (TPSA) is 60.0 Å². The van der Waals surface area contributed by atoms with Crippen LogP contribution in [0.3, 0.4) is 0 Å². The summed E-state index contributed by atoms with van der Waals surface area (Å²) in [5.41, 5.74) is 2.53. The first-order valence-electron chi connectivity index (χ1n) is 9.76. The number of ether oxygens (including phenoxy) is 3. The van der Waals surface area contributed by atoms with Crippen LogP contribution in [0.25, 0.3) is 0 Å². The van der Waals surface area contributed by atoms with E-state index in [-0.39, 0.29) is 18.2 Å². The summed E-state index contributed by atoms with van der Waals surface area (Å²) in [6.45, 7) is 2.35. The molecular formula is C22H26N2O4. The molecule has 28 heavy (non-hydrogen) atoms. The van der Waals surface area contributed by atoms with Crippen LogP contribution < -0.4 is 10.1 Å². The molecule has 2 aliphatic rings. The van der Waals surface area contributed by atoms with Crippen LogP contribution in [0, 0.1) is 0 Å². The van der Waals surface area contributed by atoms with Gasteiger partial charge in [-0.1, -0.05) is 24.3 Å². The number of para-hydroxylation sites is 1. The summed E-state index contributed by atoms with van der Waals surface area (Å²) in [5, 5.41) is 3.53. The Bertz CT molecular complexity index is 820. The molecule has 148 valence electrons. The van der Waals surface area contributed by atoms with Crippen LogP contribution in [-0.2, 0) is 9.47 Å². The highest BCUT2D eigenvalue weighted by Gasteiger charge is 2.35. The second-order valence-electron chi connectivity index (χ2n) is 7.10. The van der Waals surface area contributed by atoms with Gasteiger partial charge >= 0.3 is 0 Å². The molecule has 2 atom stereocenters. The number of fused-ring (bicyclic) bond motifs is 1. The summed E-state index contributed by atoms with van der Waals surface area (Å²) in [4.78, 5) is 15.1. The van der Waals surface area contributed by atoms with Crippen molar-refractivity contribution in [1.29, 1.82) is 0 Å². The van der Waals surface area contributed by atoms with Gasteiger partial charge in [0, 0.05) is 25.9 Å². The van der Waals surface area contributed by atoms with Crippen LogP contribution in [0.2, 0.25) is 0 Å². The summed E-state index contributed by atoms with van der Waals surface area (Å²) in [5.74, 6) is 0.792. The van der Waals surface area contributed by atoms with Crippen LogP contribution in [0.15, 0.2) is 48.5 Å². The van der Waals surface area contributed by atoms with E-state index < -0.39 is 0 Å². The highest BCUT2D eigenvalue weighted by Crippen LogP contribution is 2.35. The Hall–Kier alpha value is -2.57. The predicted molar refractivity (Wildman–Crippen MR) is 107 cm³/mol. The standard InChI is InChI=1S/C22H26N2O4/c1-26-12-13-28-17-7-4-6-16(14-17)21-23-20-10-3-2-9-19(20)22(25)24(21)15-18-8-5-11-27-18/h2-4,6-7,9-10,14,18,21,23H,5,8,11-13,15H2,1H3. The molecule has 0 bridgehead atoms. The van der Waals surface area contributed by atoms with Crippen molar-refractivity contribution in [3.63, 3.8) is 0 Å². The fraction of sp³-hybridized carbons (Fsp3) is 0.409. The zero-order valence-corrected chi connectivity index (χ0v) is 16.1. The van der Waals surface area contributed by atoms with Crippen LogP contribution >= 0.6 is 0 Å². The van der Waals surface area contributed by atoms with Gasteiger partial charge in [-0.05, 0) is 42.7 Å². The summed E-state index contributed by atoms with van der Waals surface area (Å²) in [7, 11) is 1.65. The number of nitrogens with zero attached hydrogens (tertiary/aromatic N) is 1. The molecule has 2 aliphatic heterocycles. The lowest BCUT2D eigenvalue weighted by molar-refractivity contribution is 0.0426. The average Bonchev–Trinajstić information content (AvgIpc) is 3.24. The summed E-state index contributed by atoms with van der Waals surface area (Å²) >= 11 is 0. The lowest BCUT2D eigenvalue weighted by Crippen LogP contribution is -2.46. The van der Waals surface area contributed by atoms with Gasteiger partial charge < -0.3 is 24.4 Å². The highest BCUT2D eigenvalue weighted by atomic mass is 16.5. The fourth-order valence-electron chi connectivity index (χ4n) is 3.77. The van der Waals surface area contributed by atoms with Crippen molar-refractivity contribution < 1.29 is 19.0 Å². The molecule has 6 nitrogen and oxygen atoms in total. The molecule has 1 N–H and O–H groups in total. The molecule has 1 amide bonds. The third-order valence-corrected chi connectivity index (χ3v) is 5.18. The number of benzene rings is 2. The molecule has 2 aromatic rings. The molecule has 0 saturated carbocycles. The van der Waals surface area contributed by atoms with E-state index in [2.05, 4.69) is 5.32 Å². The van der Waals surface area contributed by atoms with Crippen molar-refractivity contribution in [2.24, 2.45) is 0 Å². The highest BCUT2D eigenvalue weighted by molar-refractivity contribution is 6.01. The van der Waals surface area contributed by atoms with Gasteiger partial charge in [0.15, 0.2) is 0 Å². The van der Waals surface area contributed by atoms with Crippen molar-refractivity contribution in [3.05, 3.63) is 59.7 Å². The zero-order chi connectivity index (χ0) is 19.3. The van der Waals surface area contributed by atoms with Gasteiger partial charge in [0.1, 0.15) is 18.5 Å². The molecule has 6 heteroatoms. The van der Waals surface area contributed by atoms with Crippen LogP contribution in [-0.4, -0.2) is 50.4 Å². The van der Waals surface area contributed by atoms with E-state index in [1.807, 2.05) is 53.4 Å². The molecular weight excluding hydrogens is 356 g/mol. The predicted octanol–water partition coefficient (Wildman–Crippen LogP) is 3.46. The van der Waals surface area contributed by atoms with Crippen molar-refractivity contribution >= 4 is 11.6 Å². The van der Waals surface area contributed by atoms with E-state index in [4.69, 9.17) is 14.2 Å². The van der Waals surface area contributed by atoms with E-state index in [1.54, 1.807) is 7.11 Å². The summed E-state index contributed by atoms with van der Waals surface area (Å²) < 4.78 is 16.6. The van der Waals surface area contributed by atoms with Gasteiger partial charge in [-0.2, -0.15) is 0 Å². The molecule has 2 unspecified atom stereocenters. The van der Waals surface area contributed by atoms with Gasteiger partial charge in [0.25, 0.3) is 5.91 Å². The number of hydrogen-bond acceptors (Lipinski definition) is 5. The number of anilines is 1. The maximum atomic E-state index is 13.3. The van der Waals surface area contributed by atoms with E-state index >= 15 is 0 Å². The van der Waals surface area contributed by atoms with Gasteiger partial charge in [0.2, 0.25) is 0 Å². The number of carbonyl (C=O) groups is 1. The van der Waals surface area contributed by atoms with Crippen LogP contribution in [0.5, 0.6) is 5.75 Å². The fourth-order valence-corrected chi connectivity index (χ4v) is 3.77. The maximum absolute atomic E-state index is 13.3. The average molecular weight is 382 g/mol. The zero-order valence-electron chi connectivity index (χ0n) is 16.1. The van der Waals surface area contributed by atoms with Crippen molar-refractivity contribution in [2.45, 2.75) is 25.1 Å². The van der Waals surface area contributed by atoms with Crippen molar-refractivity contribution in [2.75, 3.05) is 38.8 Å². The molecule has 1 saturated heterocycles. The molecule has 2 aromatic carbocycles. The minimum absolute atomic E-state index is 0.0283. The van der Waals surface area contributed by atoms with E-state index in [1.165, 1.54) is 0 Å².